The average Bonchev–Trinajstić information content (AvgIpc) is 3.34. The molecule has 2 amide bonds. The van der Waals surface area contributed by atoms with Crippen molar-refractivity contribution in [3.8, 4) is 0 Å². The summed E-state index contributed by atoms with van der Waals surface area (Å²) in [5.74, 6) is 0.175. The van der Waals surface area contributed by atoms with Gasteiger partial charge in [0, 0.05) is 68.7 Å². The van der Waals surface area contributed by atoms with Crippen molar-refractivity contribution in [3.63, 3.8) is 0 Å². The Morgan fingerprint density at radius 3 is 2.53 bits per heavy atom. The first kappa shape index (κ1) is 20.6. The first-order chi connectivity index (χ1) is 15.6. The van der Waals surface area contributed by atoms with Gasteiger partial charge in [0.1, 0.15) is 0 Å². The molecule has 0 spiro atoms. The maximum absolute atomic E-state index is 13.5. The molecular weight excluding hydrogens is 402 g/mol. The predicted molar refractivity (Wildman–Crippen MR) is 123 cm³/mol. The Kier molecular flexibility index (Phi) is 5.57. The highest BCUT2D eigenvalue weighted by Crippen LogP contribution is 2.30. The number of benzene rings is 1. The molecule has 2 fully saturated rings. The van der Waals surface area contributed by atoms with Gasteiger partial charge in [-0.2, -0.15) is 0 Å². The SMILES string of the molecule is CN1CCN(C(=O)c2cc([C@H]3CCN(C(=O)c4cccnc4)C3)nc3ccccc23)CC1. The summed E-state index contributed by atoms with van der Waals surface area (Å²) < 4.78 is 0. The van der Waals surface area contributed by atoms with E-state index < -0.39 is 0 Å². The predicted octanol–water partition coefficient (Wildman–Crippen LogP) is 2.65. The Morgan fingerprint density at radius 2 is 1.75 bits per heavy atom. The third-order valence-electron chi connectivity index (χ3n) is 6.56. The molecule has 0 saturated carbocycles. The molecule has 5 rings (SSSR count). The number of carbonyl (C=O) groups excluding carboxylic acids is 2. The van der Waals surface area contributed by atoms with Crippen LogP contribution in [0.3, 0.4) is 0 Å². The fraction of sp³-hybridized carbons (Fsp3) is 0.360. The molecule has 1 aromatic carbocycles. The lowest BCUT2D eigenvalue weighted by Crippen LogP contribution is -2.47. The molecular formula is C25H27N5O2. The number of aromatic nitrogens is 2. The fourth-order valence-electron chi connectivity index (χ4n) is 4.62. The molecule has 3 aromatic rings. The van der Waals surface area contributed by atoms with E-state index in [2.05, 4.69) is 16.9 Å². The third kappa shape index (κ3) is 3.96. The van der Waals surface area contributed by atoms with Gasteiger partial charge in [0.05, 0.1) is 16.6 Å². The Balaban J connectivity index is 1.42. The van der Waals surface area contributed by atoms with Gasteiger partial charge in [-0.3, -0.25) is 19.6 Å². The number of hydrogen-bond donors (Lipinski definition) is 0. The number of piperazine rings is 1. The van der Waals surface area contributed by atoms with E-state index in [1.165, 1.54) is 0 Å². The Labute approximate surface area is 187 Å². The van der Waals surface area contributed by atoms with E-state index in [0.717, 1.165) is 49.2 Å². The van der Waals surface area contributed by atoms with E-state index in [1.807, 2.05) is 40.1 Å². The van der Waals surface area contributed by atoms with Crippen LogP contribution in [0.25, 0.3) is 10.9 Å². The van der Waals surface area contributed by atoms with Gasteiger partial charge >= 0.3 is 0 Å². The van der Waals surface area contributed by atoms with Crippen LogP contribution in [0.1, 0.15) is 38.7 Å². The Hall–Kier alpha value is -3.32. The first-order valence-corrected chi connectivity index (χ1v) is 11.2. The molecule has 7 nitrogen and oxygen atoms in total. The number of nitrogens with zero attached hydrogens (tertiary/aromatic N) is 5. The second-order valence-electron chi connectivity index (χ2n) is 8.69. The van der Waals surface area contributed by atoms with Crippen molar-refractivity contribution in [1.29, 1.82) is 0 Å². The molecule has 32 heavy (non-hydrogen) atoms. The van der Waals surface area contributed by atoms with Crippen LogP contribution >= 0.6 is 0 Å². The van der Waals surface area contributed by atoms with Gasteiger partial charge in [0.15, 0.2) is 0 Å². The van der Waals surface area contributed by atoms with Crippen molar-refractivity contribution in [2.45, 2.75) is 12.3 Å². The number of amides is 2. The van der Waals surface area contributed by atoms with Crippen LogP contribution in [0.15, 0.2) is 54.9 Å². The molecule has 2 aliphatic rings. The summed E-state index contributed by atoms with van der Waals surface area (Å²) in [4.78, 5) is 41.3. The molecule has 1 atom stereocenters. The van der Waals surface area contributed by atoms with Gasteiger partial charge in [0.2, 0.25) is 0 Å². The van der Waals surface area contributed by atoms with E-state index in [0.29, 0.717) is 24.2 Å². The first-order valence-electron chi connectivity index (χ1n) is 11.2. The van der Waals surface area contributed by atoms with E-state index in [1.54, 1.807) is 24.5 Å². The molecule has 164 valence electrons. The molecule has 2 aliphatic heterocycles. The highest BCUT2D eigenvalue weighted by atomic mass is 16.2. The van der Waals surface area contributed by atoms with Crippen LogP contribution in [0.4, 0.5) is 0 Å². The van der Waals surface area contributed by atoms with Gasteiger partial charge < -0.3 is 14.7 Å². The van der Waals surface area contributed by atoms with Crippen LogP contribution < -0.4 is 0 Å². The summed E-state index contributed by atoms with van der Waals surface area (Å²) in [6, 6.07) is 13.4. The Morgan fingerprint density at radius 1 is 0.938 bits per heavy atom. The van der Waals surface area contributed by atoms with Crippen molar-refractivity contribution < 1.29 is 9.59 Å². The molecule has 0 radical (unpaired) electrons. The number of hydrogen-bond acceptors (Lipinski definition) is 5. The fourth-order valence-corrected chi connectivity index (χ4v) is 4.62. The van der Waals surface area contributed by atoms with E-state index in [4.69, 9.17) is 4.98 Å². The molecule has 0 N–H and O–H groups in total. The van der Waals surface area contributed by atoms with Crippen LogP contribution in [-0.4, -0.2) is 82.8 Å². The molecule has 2 aromatic heterocycles. The summed E-state index contributed by atoms with van der Waals surface area (Å²) in [5, 5.41) is 0.890. The minimum absolute atomic E-state index is 0.00451. The van der Waals surface area contributed by atoms with Gasteiger partial charge in [-0.05, 0) is 37.7 Å². The Bertz CT molecular complexity index is 1140. The quantitative estimate of drug-likeness (QED) is 0.640. The third-order valence-corrected chi connectivity index (χ3v) is 6.56. The summed E-state index contributed by atoms with van der Waals surface area (Å²) in [5.41, 5.74) is 3.04. The zero-order valence-corrected chi connectivity index (χ0v) is 18.3. The van der Waals surface area contributed by atoms with Crippen LogP contribution in [0, 0.1) is 0 Å². The monoisotopic (exact) mass is 429 g/mol. The summed E-state index contributed by atoms with van der Waals surface area (Å²) in [7, 11) is 2.08. The topological polar surface area (TPSA) is 69.6 Å². The number of carbonyl (C=O) groups is 2. The van der Waals surface area contributed by atoms with Gasteiger partial charge in [0.25, 0.3) is 11.8 Å². The highest BCUT2D eigenvalue weighted by molar-refractivity contribution is 6.06. The van der Waals surface area contributed by atoms with Gasteiger partial charge in [-0.1, -0.05) is 18.2 Å². The zero-order chi connectivity index (χ0) is 22.1. The van der Waals surface area contributed by atoms with E-state index in [9.17, 15) is 9.59 Å². The van der Waals surface area contributed by atoms with Gasteiger partial charge in [-0.25, -0.2) is 0 Å². The lowest BCUT2D eigenvalue weighted by atomic mass is 9.98. The largest absolute Gasteiger partial charge is 0.338 e. The number of rotatable bonds is 3. The second kappa shape index (κ2) is 8.67. The maximum atomic E-state index is 13.5. The zero-order valence-electron chi connectivity index (χ0n) is 18.3. The van der Waals surface area contributed by atoms with Gasteiger partial charge in [-0.15, -0.1) is 0 Å². The standard InChI is InChI=1S/C25H27N5O2/c1-28-11-13-29(14-12-28)25(32)21-15-23(27-22-7-3-2-6-20(21)22)19-8-10-30(17-19)24(31)18-5-4-9-26-16-18/h2-7,9,15-16,19H,8,10-14,17H2,1H3/t19-/m0/s1. The summed E-state index contributed by atoms with van der Waals surface area (Å²) >= 11 is 0. The minimum Gasteiger partial charge on any atom is -0.338 e. The number of likely N-dealkylation sites (tertiary alicyclic amines) is 1. The average molecular weight is 430 g/mol. The molecule has 0 aliphatic carbocycles. The number of likely N-dealkylation sites (N-methyl/N-ethyl adjacent to an activating group) is 1. The summed E-state index contributed by atoms with van der Waals surface area (Å²) in [6.07, 6.45) is 4.11. The normalized spacial score (nSPS) is 19.5. The lowest BCUT2D eigenvalue weighted by Gasteiger charge is -2.32. The molecule has 7 heteroatoms. The maximum Gasteiger partial charge on any atom is 0.255 e. The van der Waals surface area contributed by atoms with Crippen molar-refractivity contribution in [2.75, 3.05) is 46.3 Å². The van der Waals surface area contributed by atoms with E-state index >= 15 is 0 Å². The molecule has 0 unspecified atom stereocenters. The number of fused-ring (bicyclic) bond motifs is 1. The smallest absolute Gasteiger partial charge is 0.255 e. The molecule has 4 heterocycles. The van der Waals surface area contributed by atoms with Crippen LogP contribution in [0.2, 0.25) is 0 Å². The highest BCUT2D eigenvalue weighted by Gasteiger charge is 2.30. The van der Waals surface area contributed by atoms with Crippen molar-refractivity contribution in [3.05, 3.63) is 71.7 Å². The van der Waals surface area contributed by atoms with Crippen molar-refractivity contribution in [2.24, 2.45) is 0 Å². The number of pyridine rings is 2. The van der Waals surface area contributed by atoms with E-state index in [-0.39, 0.29) is 17.7 Å². The van der Waals surface area contributed by atoms with Crippen LogP contribution in [0.5, 0.6) is 0 Å². The minimum atomic E-state index is -0.00451. The van der Waals surface area contributed by atoms with Crippen LogP contribution in [-0.2, 0) is 0 Å². The summed E-state index contributed by atoms with van der Waals surface area (Å²) in [6.45, 7) is 4.51. The second-order valence-corrected chi connectivity index (χ2v) is 8.69. The van der Waals surface area contributed by atoms with Crippen molar-refractivity contribution >= 4 is 22.7 Å². The van der Waals surface area contributed by atoms with Crippen molar-refractivity contribution in [1.82, 2.24) is 24.7 Å². The molecule has 0 bridgehead atoms. The number of para-hydroxylation sites is 1. The lowest BCUT2D eigenvalue weighted by molar-refractivity contribution is 0.0665. The molecule has 2 saturated heterocycles.